The van der Waals surface area contributed by atoms with Crippen molar-refractivity contribution in [1.29, 1.82) is 0 Å². The van der Waals surface area contributed by atoms with E-state index in [2.05, 4.69) is 397 Å². The predicted molar refractivity (Wildman–Crippen MR) is 426 cm³/mol. The summed E-state index contributed by atoms with van der Waals surface area (Å²) in [6.45, 7) is 0. The summed E-state index contributed by atoms with van der Waals surface area (Å²) in [6, 6.07) is 144. The molecule has 0 amide bonds. The van der Waals surface area contributed by atoms with Crippen LogP contribution in [-0.4, -0.2) is 4.57 Å². The summed E-state index contributed by atoms with van der Waals surface area (Å²) in [6.07, 6.45) is 0.861. The first-order chi connectivity index (χ1) is 50.6. The maximum atomic E-state index is 2.74. The van der Waals surface area contributed by atoms with Crippen molar-refractivity contribution >= 4 is 55.9 Å². The smallest absolute Gasteiger partial charge is 0.0619 e. The Morgan fingerprint density at radius 1 is 0.225 bits per heavy atom. The van der Waals surface area contributed by atoms with E-state index in [9.17, 15) is 0 Å². The van der Waals surface area contributed by atoms with E-state index < -0.39 is 0 Å². The molecule has 0 N–H and O–H groups in total. The fourth-order valence-corrected chi connectivity index (χ4v) is 17.2. The van der Waals surface area contributed by atoms with Crippen molar-refractivity contribution in [1.82, 2.24) is 4.57 Å². The van der Waals surface area contributed by atoms with E-state index in [1.54, 1.807) is 0 Å². The number of rotatable bonds is 11. The van der Waals surface area contributed by atoms with E-state index in [0.717, 1.165) is 130 Å². The summed E-state index contributed by atoms with van der Waals surface area (Å²) in [4.78, 5) is 5.46. The molecule has 3 nitrogen and oxygen atoms in total. The number of para-hydroxylation sites is 2. The van der Waals surface area contributed by atoms with Crippen LogP contribution in [-0.2, 0) is 6.42 Å². The van der Waals surface area contributed by atoms with Gasteiger partial charge in [0, 0.05) is 56.1 Å². The lowest BCUT2D eigenvalue weighted by Crippen LogP contribution is -2.31. The summed E-state index contributed by atoms with van der Waals surface area (Å²) in [5, 5.41) is 2.45. The maximum Gasteiger partial charge on any atom is 0.0619 e. The molecule has 0 radical (unpaired) electrons. The Balaban J connectivity index is 0.993. The predicted octanol–water partition coefficient (Wildman–Crippen LogP) is 26.3. The Morgan fingerprint density at radius 2 is 0.598 bits per heavy atom. The van der Waals surface area contributed by atoms with E-state index in [4.69, 9.17) is 0 Å². The highest BCUT2D eigenvalue weighted by molar-refractivity contribution is 6.11. The number of anilines is 6. The minimum absolute atomic E-state index is 0.132. The third kappa shape index (κ3) is 9.72. The number of benzene rings is 16. The molecular formula is C99H67N3. The number of fused-ring (bicyclic) bond motifs is 9. The molecular weight excluding hydrogens is 1230 g/mol. The minimum Gasteiger partial charge on any atom is -0.309 e. The molecule has 478 valence electrons. The first-order valence-electron chi connectivity index (χ1n) is 35.6. The summed E-state index contributed by atoms with van der Waals surface area (Å²) in [7, 11) is 0. The lowest BCUT2D eigenvalue weighted by Gasteiger charge is -2.47. The van der Waals surface area contributed by atoms with Gasteiger partial charge in [-0.3, -0.25) is 0 Å². The van der Waals surface area contributed by atoms with Crippen LogP contribution in [0.15, 0.2) is 382 Å². The standard InChI is InChI=1S/C99H67N3/c1-8-30-65(31-9-1)72-52-55-91-88(57-72)96-83-54-53-78(100-89-50-28-26-48-81(89)82-49-27-29-51-90(82)100)64-92(83)102(99-86(70-40-18-6-19-41-70)60-76(67-34-12-3-13-35-67)61-87(99)71-42-20-7-21-43-71)94-63-77(95-79-46-24-22-44-73(79)56-74-45-23-25-47-80(74)95)62-93(97(94)96)101(91)98-84(68-36-14-4-15-37-68)58-75(66-32-10-2-11-33-66)59-85(98)69-38-16-5-17-39-69/h1-55,57-64,95-96H,56H2. The molecule has 0 fully saturated rings. The second-order valence-electron chi connectivity index (χ2n) is 27.4. The molecule has 17 aromatic rings. The average molecular weight is 1300 g/mol. The Hall–Kier alpha value is -13.1. The minimum atomic E-state index is -0.267. The first-order valence-corrected chi connectivity index (χ1v) is 35.6. The zero-order valence-corrected chi connectivity index (χ0v) is 56.1. The van der Waals surface area contributed by atoms with Gasteiger partial charge in [-0.05, 0) is 174 Å². The monoisotopic (exact) mass is 1300 g/mol. The van der Waals surface area contributed by atoms with Crippen LogP contribution < -0.4 is 9.80 Å². The molecule has 3 aliphatic rings. The molecule has 1 aromatic heterocycles. The molecule has 1 aliphatic carbocycles. The van der Waals surface area contributed by atoms with Crippen LogP contribution in [0.5, 0.6) is 0 Å². The third-order valence-corrected chi connectivity index (χ3v) is 21.7. The number of hydrogen-bond donors (Lipinski definition) is 0. The summed E-state index contributed by atoms with van der Waals surface area (Å²) < 4.78 is 2.50. The van der Waals surface area contributed by atoms with Crippen molar-refractivity contribution in [2.24, 2.45) is 0 Å². The lowest BCUT2D eigenvalue weighted by molar-refractivity contribution is 0.869. The highest BCUT2D eigenvalue weighted by atomic mass is 15.2. The molecule has 1 unspecified atom stereocenters. The number of aromatic nitrogens is 1. The highest BCUT2D eigenvalue weighted by Gasteiger charge is 2.45. The van der Waals surface area contributed by atoms with E-state index in [0.29, 0.717) is 0 Å². The van der Waals surface area contributed by atoms with Crippen LogP contribution in [0.25, 0.3) is 105 Å². The number of nitrogens with zero attached hydrogens (tertiary/aromatic N) is 3. The lowest BCUT2D eigenvalue weighted by atomic mass is 9.71. The summed E-state index contributed by atoms with van der Waals surface area (Å²) >= 11 is 0. The molecule has 1 atom stereocenters. The fraction of sp³-hybridized carbons (Fsp3) is 0.0303. The second-order valence-corrected chi connectivity index (χ2v) is 27.4. The van der Waals surface area contributed by atoms with Gasteiger partial charge >= 0.3 is 0 Å². The molecule has 0 spiro atoms. The first kappa shape index (κ1) is 59.0. The van der Waals surface area contributed by atoms with Crippen molar-refractivity contribution in [3.63, 3.8) is 0 Å². The van der Waals surface area contributed by atoms with Gasteiger partial charge in [0.05, 0.1) is 45.2 Å². The van der Waals surface area contributed by atoms with Gasteiger partial charge in [-0.25, -0.2) is 0 Å². The third-order valence-electron chi connectivity index (χ3n) is 21.7. The molecule has 0 saturated carbocycles. The van der Waals surface area contributed by atoms with E-state index in [-0.39, 0.29) is 11.8 Å². The van der Waals surface area contributed by atoms with Crippen LogP contribution in [0.1, 0.15) is 56.3 Å². The van der Waals surface area contributed by atoms with Gasteiger partial charge in [0.2, 0.25) is 0 Å². The van der Waals surface area contributed by atoms with E-state index in [1.807, 2.05) is 0 Å². The fourth-order valence-electron chi connectivity index (χ4n) is 17.2. The maximum absolute atomic E-state index is 2.74. The van der Waals surface area contributed by atoms with E-state index in [1.165, 1.54) is 60.8 Å². The van der Waals surface area contributed by atoms with Crippen LogP contribution in [0.2, 0.25) is 0 Å². The van der Waals surface area contributed by atoms with Crippen molar-refractivity contribution in [3.05, 3.63) is 427 Å². The molecule has 3 heterocycles. The largest absolute Gasteiger partial charge is 0.309 e. The zero-order chi connectivity index (χ0) is 67.2. The number of hydrogen-bond acceptors (Lipinski definition) is 2. The van der Waals surface area contributed by atoms with Gasteiger partial charge in [-0.1, -0.05) is 309 Å². The topological polar surface area (TPSA) is 11.4 Å². The Kier molecular flexibility index (Phi) is 14.1. The second kappa shape index (κ2) is 24.4. The quantitative estimate of drug-likeness (QED) is 0.128. The Labute approximate surface area is 595 Å². The molecule has 0 saturated heterocycles. The molecule has 0 bridgehead atoms. The molecule has 20 rings (SSSR count). The van der Waals surface area contributed by atoms with Gasteiger partial charge in [-0.2, -0.15) is 0 Å². The van der Waals surface area contributed by atoms with Gasteiger partial charge in [-0.15, -0.1) is 0 Å². The highest BCUT2D eigenvalue weighted by Crippen LogP contribution is 2.65. The van der Waals surface area contributed by atoms with Crippen molar-refractivity contribution < 1.29 is 0 Å². The molecule has 2 aliphatic heterocycles. The van der Waals surface area contributed by atoms with Crippen molar-refractivity contribution in [3.8, 4) is 83.6 Å². The van der Waals surface area contributed by atoms with Crippen LogP contribution in [0.4, 0.5) is 34.1 Å². The Morgan fingerprint density at radius 3 is 1.04 bits per heavy atom. The van der Waals surface area contributed by atoms with Gasteiger partial charge < -0.3 is 14.4 Å². The molecule has 16 aromatic carbocycles. The average Bonchev–Trinajstić information content (AvgIpc) is 0.892. The SMILES string of the molecule is c1ccc(-c2cc(-c3ccccc3)c(N3c4ccc(-c5ccccc5)cc4C4c5ccc(-n6c7ccccc7c7ccccc76)cc5N(c5c(-c6ccccc6)cc(-c6ccccc6)cc5-c5ccccc5)c5cc(C6c7ccccc7Cc7ccccc76)cc3c54)c(-c3ccccc3)c2)cc1. The van der Waals surface area contributed by atoms with Crippen LogP contribution in [0, 0.1) is 0 Å². The van der Waals surface area contributed by atoms with Crippen molar-refractivity contribution in [2.75, 3.05) is 9.80 Å². The zero-order valence-electron chi connectivity index (χ0n) is 56.1. The van der Waals surface area contributed by atoms with Crippen molar-refractivity contribution in [2.45, 2.75) is 18.3 Å². The molecule has 3 heteroatoms. The normalized spacial score (nSPS) is 13.5. The summed E-state index contributed by atoms with van der Waals surface area (Å²) in [5.74, 6) is -0.399. The van der Waals surface area contributed by atoms with Gasteiger partial charge in [0.1, 0.15) is 0 Å². The van der Waals surface area contributed by atoms with Gasteiger partial charge in [0.15, 0.2) is 0 Å². The van der Waals surface area contributed by atoms with E-state index >= 15 is 0 Å². The molecule has 102 heavy (non-hydrogen) atoms. The van der Waals surface area contributed by atoms with Gasteiger partial charge in [0.25, 0.3) is 0 Å². The Bertz CT molecular complexity index is 5860. The van der Waals surface area contributed by atoms with Crippen LogP contribution in [0.3, 0.4) is 0 Å². The summed E-state index contributed by atoms with van der Waals surface area (Å²) in [5.41, 5.74) is 36.4. The van der Waals surface area contributed by atoms with Crippen LogP contribution >= 0.6 is 0 Å².